The molecular formula is C48H31NOS. The number of nitrogens with zero attached hydrogens (tertiary/aromatic N) is 1. The van der Waals surface area contributed by atoms with Crippen LogP contribution in [0.3, 0.4) is 0 Å². The molecule has 0 radical (unpaired) electrons. The first-order chi connectivity index (χ1) is 25.3. The largest absolute Gasteiger partial charge is 0.454 e. The molecule has 10 aromatic rings. The lowest BCUT2D eigenvalue weighted by atomic mass is 9.98. The van der Waals surface area contributed by atoms with Gasteiger partial charge in [0.05, 0.1) is 5.69 Å². The molecule has 0 spiro atoms. The molecule has 0 unspecified atom stereocenters. The minimum Gasteiger partial charge on any atom is -0.454 e. The van der Waals surface area contributed by atoms with Gasteiger partial charge >= 0.3 is 0 Å². The van der Waals surface area contributed by atoms with Crippen molar-refractivity contribution in [3.8, 4) is 33.4 Å². The van der Waals surface area contributed by atoms with Crippen molar-refractivity contribution in [1.29, 1.82) is 0 Å². The van der Waals surface area contributed by atoms with Gasteiger partial charge in [-0.3, -0.25) is 0 Å². The van der Waals surface area contributed by atoms with Gasteiger partial charge in [-0.1, -0.05) is 146 Å². The molecule has 3 heteroatoms. The second kappa shape index (κ2) is 12.2. The zero-order valence-electron chi connectivity index (χ0n) is 27.7. The van der Waals surface area contributed by atoms with Crippen molar-refractivity contribution >= 4 is 70.5 Å². The molecule has 51 heavy (non-hydrogen) atoms. The third kappa shape index (κ3) is 5.10. The van der Waals surface area contributed by atoms with E-state index in [4.69, 9.17) is 4.42 Å². The highest BCUT2D eigenvalue weighted by atomic mass is 32.1. The van der Waals surface area contributed by atoms with Gasteiger partial charge in [0.2, 0.25) is 0 Å². The third-order valence-electron chi connectivity index (χ3n) is 9.88. The van der Waals surface area contributed by atoms with Crippen LogP contribution < -0.4 is 4.90 Å². The normalized spacial score (nSPS) is 11.5. The number of hydrogen-bond acceptors (Lipinski definition) is 3. The Labute approximate surface area is 300 Å². The topological polar surface area (TPSA) is 16.4 Å². The van der Waals surface area contributed by atoms with Crippen LogP contribution in [-0.4, -0.2) is 0 Å². The Bertz CT molecular complexity index is 2840. The summed E-state index contributed by atoms with van der Waals surface area (Å²) in [7, 11) is 0. The average molecular weight is 670 g/mol. The lowest BCUT2D eigenvalue weighted by Gasteiger charge is -2.28. The summed E-state index contributed by atoms with van der Waals surface area (Å²) >= 11 is 1.85. The van der Waals surface area contributed by atoms with Gasteiger partial charge in [0.25, 0.3) is 0 Å². The van der Waals surface area contributed by atoms with E-state index in [0.717, 1.165) is 50.1 Å². The van der Waals surface area contributed by atoms with Gasteiger partial charge in [-0.05, 0) is 70.3 Å². The van der Waals surface area contributed by atoms with E-state index < -0.39 is 0 Å². The van der Waals surface area contributed by atoms with Gasteiger partial charge in [-0.25, -0.2) is 0 Å². The quantitative estimate of drug-likeness (QED) is 0.175. The van der Waals surface area contributed by atoms with E-state index in [1.54, 1.807) is 0 Å². The molecule has 0 aliphatic rings. The standard InChI is InChI=1S/C48H31NOS/c1-4-12-32(13-5-1)34-20-23-37(24-21-34)49(38-25-27-42-41-26-22-36(33-14-6-2-7-15-33)30-45(41)51-46(42)31-38)47-39(35-16-8-3-9-17-35)28-29-43-40-18-10-11-19-44(40)50-48(43)47/h1-31H. The van der Waals surface area contributed by atoms with Gasteiger partial charge < -0.3 is 9.32 Å². The van der Waals surface area contributed by atoms with Crippen LogP contribution in [-0.2, 0) is 0 Å². The van der Waals surface area contributed by atoms with Crippen molar-refractivity contribution in [2.45, 2.75) is 0 Å². The van der Waals surface area contributed by atoms with Crippen molar-refractivity contribution in [2.24, 2.45) is 0 Å². The summed E-state index contributed by atoms with van der Waals surface area (Å²) in [4.78, 5) is 2.39. The molecule has 0 saturated heterocycles. The van der Waals surface area contributed by atoms with Gasteiger partial charge in [-0.2, -0.15) is 0 Å². The molecule has 2 heterocycles. The van der Waals surface area contributed by atoms with Gasteiger partial charge in [0, 0.05) is 47.9 Å². The molecule has 0 aliphatic carbocycles. The monoisotopic (exact) mass is 669 g/mol. The van der Waals surface area contributed by atoms with Crippen LogP contribution in [0, 0.1) is 0 Å². The number of thiophene rings is 1. The summed E-state index contributed by atoms with van der Waals surface area (Å²) in [5.74, 6) is 0. The average Bonchev–Trinajstić information content (AvgIpc) is 3.77. The summed E-state index contributed by atoms with van der Waals surface area (Å²) in [6.45, 7) is 0. The molecule has 0 aliphatic heterocycles. The van der Waals surface area contributed by atoms with Crippen molar-refractivity contribution in [1.82, 2.24) is 0 Å². The number of furan rings is 1. The number of para-hydroxylation sites is 1. The smallest absolute Gasteiger partial charge is 0.160 e. The van der Waals surface area contributed by atoms with Crippen molar-refractivity contribution < 1.29 is 4.42 Å². The van der Waals surface area contributed by atoms with E-state index in [1.807, 2.05) is 17.4 Å². The minimum atomic E-state index is 0.869. The number of rotatable bonds is 6. The highest BCUT2D eigenvalue weighted by molar-refractivity contribution is 7.25. The van der Waals surface area contributed by atoms with Crippen molar-refractivity contribution in [3.63, 3.8) is 0 Å². The molecule has 0 amide bonds. The Balaban J connectivity index is 1.22. The van der Waals surface area contributed by atoms with E-state index in [2.05, 4.69) is 187 Å². The first kappa shape index (κ1) is 29.5. The van der Waals surface area contributed by atoms with Crippen LogP contribution in [0.4, 0.5) is 17.1 Å². The van der Waals surface area contributed by atoms with Crippen LogP contribution in [0.1, 0.15) is 0 Å². The van der Waals surface area contributed by atoms with Gasteiger partial charge in [-0.15, -0.1) is 11.3 Å². The molecule has 2 aromatic heterocycles. The van der Waals surface area contributed by atoms with Crippen molar-refractivity contribution in [3.05, 3.63) is 188 Å². The molecule has 0 bridgehead atoms. The fourth-order valence-corrected chi connectivity index (χ4v) is 8.58. The number of anilines is 3. The second-order valence-corrected chi connectivity index (χ2v) is 14.0. The number of hydrogen-bond donors (Lipinski definition) is 0. The molecule has 0 atom stereocenters. The SMILES string of the molecule is c1ccc(-c2ccc(N(c3ccc4c(c3)sc3cc(-c5ccccc5)ccc34)c3c(-c4ccccc4)ccc4c3oc3ccccc34)cc2)cc1. The summed E-state index contributed by atoms with van der Waals surface area (Å²) in [6, 6.07) is 67.3. The first-order valence-corrected chi connectivity index (χ1v) is 18.1. The minimum absolute atomic E-state index is 0.869. The van der Waals surface area contributed by atoms with E-state index in [0.29, 0.717) is 0 Å². The number of fused-ring (bicyclic) bond motifs is 6. The maximum Gasteiger partial charge on any atom is 0.160 e. The maximum absolute atomic E-state index is 6.81. The second-order valence-electron chi connectivity index (χ2n) is 12.9. The highest BCUT2D eigenvalue weighted by Gasteiger charge is 2.24. The molecule has 0 N–H and O–H groups in total. The van der Waals surface area contributed by atoms with E-state index in [1.165, 1.54) is 42.4 Å². The molecule has 0 fully saturated rings. The van der Waals surface area contributed by atoms with Crippen LogP contribution in [0.2, 0.25) is 0 Å². The van der Waals surface area contributed by atoms with Crippen molar-refractivity contribution in [2.75, 3.05) is 4.90 Å². The molecule has 2 nitrogen and oxygen atoms in total. The molecule has 0 saturated carbocycles. The van der Waals surface area contributed by atoms with E-state index in [-0.39, 0.29) is 0 Å². The van der Waals surface area contributed by atoms with Gasteiger partial charge in [0.15, 0.2) is 5.58 Å². The zero-order chi connectivity index (χ0) is 33.7. The van der Waals surface area contributed by atoms with Crippen LogP contribution >= 0.6 is 11.3 Å². The molecule has 10 rings (SSSR count). The van der Waals surface area contributed by atoms with E-state index >= 15 is 0 Å². The number of benzene rings is 8. The molecule has 240 valence electrons. The van der Waals surface area contributed by atoms with Crippen LogP contribution in [0.25, 0.3) is 75.5 Å². The van der Waals surface area contributed by atoms with E-state index in [9.17, 15) is 0 Å². The summed E-state index contributed by atoms with van der Waals surface area (Å²) in [6.07, 6.45) is 0. The zero-order valence-corrected chi connectivity index (χ0v) is 28.5. The van der Waals surface area contributed by atoms with Crippen LogP contribution in [0.5, 0.6) is 0 Å². The lowest BCUT2D eigenvalue weighted by molar-refractivity contribution is 0.669. The predicted molar refractivity (Wildman–Crippen MR) is 218 cm³/mol. The molecule has 8 aromatic carbocycles. The molecular weight excluding hydrogens is 639 g/mol. The lowest BCUT2D eigenvalue weighted by Crippen LogP contribution is -2.11. The Morgan fingerprint density at radius 2 is 0.902 bits per heavy atom. The Hall–Kier alpha value is -6.42. The van der Waals surface area contributed by atoms with Gasteiger partial charge in [0.1, 0.15) is 5.58 Å². The summed E-state index contributed by atoms with van der Waals surface area (Å²) in [5.41, 5.74) is 12.0. The predicted octanol–water partition coefficient (Wildman–Crippen LogP) is 14.4. The first-order valence-electron chi connectivity index (χ1n) is 17.3. The highest BCUT2D eigenvalue weighted by Crippen LogP contribution is 2.49. The Morgan fingerprint density at radius 3 is 1.63 bits per heavy atom. The van der Waals surface area contributed by atoms with Crippen LogP contribution in [0.15, 0.2) is 192 Å². The maximum atomic E-state index is 6.81. The summed E-state index contributed by atoms with van der Waals surface area (Å²) < 4.78 is 9.35. The fourth-order valence-electron chi connectivity index (χ4n) is 7.40. The Morgan fingerprint density at radius 1 is 0.373 bits per heavy atom. The summed E-state index contributed by atoms with van der Waals surface area (Å²) in [5, 5.41) is 4.76. The third-order valence-corrected chi connectivity index (χ3v) is 11.0. The fraction of sp³-hybridized carbons (Fsp3) is 0. The Kier molecular flexibility index (Phi) is 7.04.